The molecule has 138 valence electrons. The van der Waals surface area contributed by atoms with Crippen molar-refractivity contribution in [1.82, 2.24) is 5.32 Å². The van der Waals surface area contributed by atoms with Crippen LogP contribution in [-0.4, -0.2) is 44.3 Å². The van der Waals surface area contributed by atoms with Crippen LogP contribution in [0.5, 0.6) is 0 Å². The number of esters is 1. The molecule has 1 aliphatic carbocycles. The molecule has 0 saturated heterocycles. The van der Waals surface area contributed by atoms with Gasteiger partial charge in [0.15, 0.2) is 0 Å². The highest BCUT2D eigenvalue weighted by Gasteiger charge is 2.41. The molecule has 0 aromatic heterocycles. The van der Waals surface area contributed by atoms with Crippen LogP contribution in [0.3, 0.4) is 0 Å². The van der Waals surface area contributed by atoms with Crippen molar-refractivity contribution in [1.29, 1.82) is 0 Å². The molecule has 0 spiro atoms. The number of hydrogen-bond acceptors (Lipinski definition) is 5. The van der Waals surface area contributed by atoms with E-state index in [1.807, 2.05) is 30.3 Å². The SMILES string of the molecule is COC(=O)C1(NC(=O)COCCOCc2ccccc2)CCCCC1. The zero-order chi connectivity index (χ0) is 18.0. The molecule has 0 atom stereocenters. The molecule has 1 saturated carbocycles. The van der Waals surface area contributed by atoms with Crippen molar-refractivity contribution in [2.75, 3.05) is 26.9 Å². The molecule has 6 nitrogen and oxygen atoms in total. The minimum absolute atomic E-state index is 0.0898. The molecule has 1 fully saturated rings. The molecule has 1 aromatic carbocycles. The molecule has 1 aromatic rings. The first-order chi connectivity index (χ1) is 12.2. The van der Waals surface area contributed by atoms with Gasteiger partial charge in [0.05, 0.1) is 26.9 Å². The zero-order valence-corrected chi connectivity index (χ0v) is 14.8. The van der Waals surface area contributed by atoms with E-state index in [-0.39, 0.29) is 18.5 Å². The Kier molecular flexibility index (Phi) is 7.88. The first-order valence-electron chi connectivity index (χ1n) is 8.75. The molecule has 0 heterocycles. The van der Waals surface area contributed by atoms with Gasteiger partial charge in [-0.2, -0.15) is 0 Å². The van der Waals surface area contributed by atoms with E-state index in [9.17, 15) is 9.59 Å². The Hall–Kier alpha value is -1.92. The number of nitrogens with one attached hydrogen (secondary N) is 1. The number of carbonyl (C=O) groups excluding carboxylic acids is 2. The summed E-state index contributed by atoms with van der Waals surface area (Å²) >= 11 is 0. The summed E-state index contributed by atoms with van der Waals surface area (Å²) in [6.45, 7) is 1.16. The summed E-state index contributed by atoms with van der Waals surface area (Å²) in [6, 6.07) is 9.86. The van der Waals surface area contributed by atoms with Gasteiger partial charge in [-0.25, -0.2) is 4.79 Å². The normalized spacial score (nSPS) is 16.2. The molecule has 1 amide bonds. The monoisotopic (exact) mass is 349 g/mol. The van der Waals surface area contributed by atoms with Crippen molar-refractivity contribution < 1.29 is 23.8 Å². The lowest BCUT2D eigenvalue weighted by atomic mass is 9.81. The number of amides is 1. The zero-order valence-electron chi connectivity index (χ0n) is 14.8. The molecule has 0 radical (unpaired) electrons. The van der Waals surface area contributed by atoms with Crippen LogP contribution in [0.15, 0.2) is 30.3 Å². The minimum atomic E-state index is -0.892. The van der Waals surface area contributed by atoms with E-state index in [1.54, 1.807) is 0 Å². The fourth-order valence-corrected chi connectivity index (χ4v) is 3.08. The fourth-order valence-electron chi connectivity index (χ4n) is 3.08. The summed E-state index contributed by atoms with van der Waals surface area (Å²) in [6.07, 6.45) is 4.12. The predicted octanol–water partition coefficient (Wildman–Crippen LogP) is 2.21. The van der Waals surface area contributed by atoms with E-state index in [2.05, 4.69) is 5.32 Å². The summed E-state index contributed by atoms with van der Waals surface area (Å²) in [7, 11) is 1.35. The van der Waals surface area contributed by atoms with Crippen LogP contribution in [0.1, 0.15) is 37.7 Å². The van der Waals surface area contributed by atoms with Crippen LogP contribution in [0.4, 0.5) is 0 Å². The number of carbonyl (C=O) groups is 2. The van der Waals surface area contributed by atoms with E-state index in [0.717, 1.165) is 24.8 Å². The van der Waals surface area contributed by atoms with Gasteiger partial charge < -0.3 is 19.5 Å². The van der Waals surface area contributed by atoms with Gasteiger partial charge in [-0.1, -0.05) is 49.6 Å². The lowest BCUT2D eigenvalue weighted by Crippen LogP contribution is -2.56. The Morgan fingerprint density at radius 3 is 2.40 bits per heavy atom. The second-order valence-corrected chi connectivity index (χ2v) is 6.27. The van der Waals surface area contributed by atoms with Gasteiger partial charge in [-0.15, -0.1) is 0 Å². The Bertz CT molecular complexity index is 540. The molecule has 2 rings (SSSR count). The number of hydrogen-bond donors (Lipinski definition) is 1. The van der Waals surface area contributed by atoms with Gasteiger partial charge in [-0.3, -0.25) is 4.79 Å². The summed E-state index contributed by atoms with van der Waals surface area (Å²) < 4.78 is 15.7. The predicted molar refractivity (Wildman–Crippen MR) is 92.9 cm³/mol. The number of benzene rings is 1. The maximum atomic E-state index is 12.1. The van der Waals surface area contributed by atoms with Gasteiger partial charge in [0, 0.05) is 0 Å². The Morgan fingerprint density at radius 2 is 1.72 bits per heavy atom. The molecular formula is C19H27NO5. The van der Waals surface area contributed by atoms with Gasteiger partial charge >= 0.3 is 5.97 Å². The van der Waals surface area contributed by atoms with Crippen LogP contribution in [0.25, 0.3) is 0 Å². The van der Waals surface area contributed by atoms with Gasteiger partial charge in [0.25, 0.3) is 0 Å². The van der Waals surface area contributed by atoms with Gasteiger partial charge in [0.2, 0.25) is 5.91 Å². The molecule has 1 N–H and O–H groups in total. The van der Waals surface area contributed by atoms with Crippen molar-refractivity contribution in [3.8, 4) is 0 Å². The molecule has 0 unspecified atom stereocenters. The summed E-state index contributed by atoms with van der Waals surface area (Å²) in [4.78, 5) is 24.2. The second-order valence-electron chi connectivity index (χ2n) is 6.27. The van der Waals surface area contributed by atoms with Crippen molar-refractivity contribution in [2.45, 2.75) is 44.2 Å². The quantitative estimate of drug-likeness (QED) is 0.546. The average molecular weight is 349 g/mol. The van der Waals surface area contributed by atoms with Crippen molar-refractivity contribution >= 4 is 11.9 Å². The third-order valence-electron chi connectivity index (χ3n) is 4.38. The molecule has 0 bridgehead atoms. The van der Waals surface area contributed by atoms with Gasteiger partial charge in [-0.05, 0) is 18.4 Å². The van der Waals surface area contributed by atoms with Crippen molar-refractivity contribution in [3.05, 3.63) is 35.9 Å². The number of rotatable bonds is 9. The highest BCUT2D eigenvalue weighted by molar-refractivity contribution is 5.88. The first kappa shape index (κ1) is 19.4. The number of ether oxygens (including phenoxy) is 3. The summed E-state index contributed by atoms with van der Waals surface area (Å²) in [5.41, 5.74) is 0.203. The standard InChI is InChI=1S/C19H27NO5/c1-23-18(22)19(10-6-3-7-11-19)20-17(21)15-25-13-12-24-14-16-8-4-2-5-9-16/h2,4-5,8-9H,3,6-7,10-15H2,1H3,(H,20,21). The molecular weight excluding hydrogens is 322 g/mol. The van der Waals surface area contributed by atoms with E-state index in [4.69, 9.17) is 14.2 Å². The maximum Gasteiger partial charge on any atom is 0.331 e. The van der Waals surface area contributed by atoms with Crippen LogP contribution in [0, 0.1) is 0 Å². The molecule has 6 heteroatoms. The third-order valence-corrected chi connectivity index (χ3v) is 4.38. The Labute approximate surface area is 148 Å². The summed E-state index contributed by atoms with van der Waals surface area (Å²) in [5.74, 6) is -0.665. The van der Waals surface area contributed by atoms with Crippen LogP contribution in [-0.2, 0) is 30.4 Å². The highest BCUT2D eigenvalue weighted by atomic mass is 16.5. The van der Waals surface area contributed by atoms with Crippen LogP contribution in [0.2, 0.25) is 0 Å². The largest absolute Gasteiger partial charge is 0.467 e. The van der Waals surface area contributed by atoms with E-state index >= 15 is 0 Å². The highest BCUT2D eigenvalue weighted by Crippen LogP contribution is 2.29. The van der Waals surface area contributed by atoms with Gasteiger partial charge in [0.1, 0.15) is 12.1 Å². The Morgan fingerprint density at radius 1 is 1.04 bits per heavy atom. The van der Waals surface area contributed by atoms with Crippen LogP contribution >= 0.6 is 0 Å². The maximum absolute atomic E-state index is 12.1. The summed E-state index contributed by atoms with van der Waals surface area (Å²) in [5, 5.41) is 2.82. The first-order valence-corrected chi connectivity index (χ1v) is 8.75. The Balaban J connectivity index is 1.64. The molecule has 1 aliphatic rings. The van der Waals surface area contributed by atoms with Crippen molar-refractivity contribution in [3.63, 3.8) is 0 Å². The fraction of sp³-hybridized carbons (Fsp3) is 0.579. The lowest BCUT2D eigenvalue weighted by molar-refractivity contribution is -0.153. The van der Waals surface area contributed by atoms with E-state index in [1.165, 1.54) is 7.11 Å². The molecule has 0 aliphatic heterocycles. The second kappa shape index (κ2) is 10.2. The van der Waals surface area contributed by atoms with E-state index in [0.29, 0.717) is 32.7 Å². The number of methoxy groups -OCH3 is 1. The molecule has 25 heavy (non-hydrogen) atoms. The third kappa shape index (κ3) is 6.14. The van der Waals surface area contributed by atoms with Crippen molar-refractivity contribution in [2.24, 2.45) is 0 Å². The smallest absolute Gasteiger partial charge is 0.331 e. The van der Waals surface area contributed by atoms with E-state index < -0.39 is 5.54 Å². The lowest BCUT2D eigenvalue weighted by Gasteiger charge is -2.35. The van der Waals surface area contributed by atoms with Crippen LogP contribution < -0.4 is 5.32 Å². The average Bonchev–Trinajstić information content (AvgIpc) is 2.65. The minimum Gasteiger partial charge on any atom is -0.467 e. The topological polar surface area (TPSA) is 73.9 Å².